The third-order valence-electron chi connectivity index (χ3n) is 3.72. The highest BCUT2D eigenvalue weighted by molar-refractivity contribution is 5.83. The molecule has 1 atom stereocenters. The van der Waals surface area contributed by atoms with E-state index < -0.39 is 12.0 Å². The summed E-state index contributed by atoms with van der Waals surface area (Å²) in [6.45, 7) is 2.02. The minimum atomic E-state index is -1.01. The van der Waals surface area contributed by atoms with Crippen LogP contribution in [0.1, 0.15) is 22.3 Å². The van der Waals surface area contributed by atoms with Crippen LogP contribution in [0.5, 0.6) is 0 Å². The van der Waals surface area contributed by atoms with Crippen LogP contribution in [0.4, 0.5) is 0 Å². The standard InChI is InChI=1S/C19H21NO3/c1-13-2-4-14(5-3-13)10-17(21)11-15-6-8-16(9-7-15)12-18(20)19(22)23/h2-9,18H,10-12,20H2,1H3,(H,22,23)/t18-/m1/s1. The SMILES string of the molecule is Cc1ccc(CC(=O)Cc2ccc(C[C@@H](N)C(=O)O)cc2)cc1. The zero-order valence-corrected chi connectivity index (χ0v) is 13.2. The summed E-state index contributed by atoms with van der Waals surface area (Å²) in [7, 11) is 0. The summed E-state index contributed by atoms with van der Waals surface area (Å²) in [5.41, 5.74) is 9.49. The van der Waals surface area contributed by atoms with Crippen molar-refractivity contribution in [2.75, 3.05) is 0 Å². The van der Waals surface area contributed by atoms with Crippen molar-refractivity contribution in [3.05, 3.63) is 70.8 Å². The molecule has 0 spiro atoms. The zero-order valence-electron chi connectivity index (χ0n) is 13.2. The van der Waals surface area contributed by atoms with E-state index in [0.29, 0.717) is 12.8 Å². The van der Waals surface area contributed by atoms with Gasteiger partial charge in [-0.15, -0.1) is 0 Å². The van der Waals surface area contributed by atoms with Gasteiger partial charge in [0.05, 0.1) is 0 Å². The summed E-state index contributed by atoms with van der Waals surface area (Å²) < 4.78 is 0. The van der Waals surface area contributed by atoms with Crippen LogP contribution < -0.4 is 5.73 Å². The van der Waals surface area contributed by atoms with E-state index in [2.05, 4.69) is 0 Å². The molecule has 0 amide bonds. The van der Waals surface area contributed by atoms with Gasteiger partial charge in [0.1, 0.15) is 11.8 Å². The second-order valence-corrected chi connectivity index (χ2v) is 5.84. The molecule has 0 aromatic heterocycles. The van der Waals surface area contributed by atoms with Gasteiger partial charge in [-0.3, -0.25) is 9.59 Å². The van der Waals surface area contributed by atoms with Crippen molar-refractivity contribution >= 4 is 11.8 Å². The summed E-state index contributed by atoms with van der Waals surface area (Å²) in [4.78, 5) is 22.9. The van der Waals surface area contributed by atoms with Gasteiger partial charge in [0.15, 0.2) is 0 Å². The average molecular weight is 311 g/mol. The Morgan fingerprint density at radius 3 is 1.83 bits per heavy atom. The largest absolute Gasteiger partial charge is 0.480 e. The summed E-state index contributed by atoms with van der Waals surface area (Å²) >= 11 is 0. The van der Waals surface area contributed by atoms with Crippen LogP contribution in [0, 0.1) is 6.92 Å². The maximum atomic E-state index is 12.1. The first-order chi connectivity index (χ1) is 10.9. The summed E-state index contributed by atoms with van der Waals surface area (Å²) in [6.07, 6.45) is 1.08. The Morgan fingerprint density at radius 2 is 1.35 bits per heavy atom. The van der Waals surface area contributed by atoms with E-state index in [1.807, 2.05) is 55.5 Å². The molecule has 2 aromatic carbocycles. The number of hydrogen-bond donors (Lipinski definition) is 2. The molecule has 0 heterocycles. The van der Waals surface area contributed by atoms with Crippen molar-refractivity contribution < 1.29 is 14.7 Å². The lowest BCUT2D eigenvalue weighted by molar-refractivity contribution is -0.138. The molecule has 2 aromatic rings. The van der Waals surface area contributed by atoms with Gasteiger partial charge >= 0.3 is 5.97 Å². The third kappa shape index (κ3) is 5.34. The number of aliphatic carboxylic acids is 1. The lowest BCUT2D eigenvalue weighted by atomic mass is 9.99. The van der Waals surface area contributed by atoms with Crippen LogP contribution in [-0.2, 0) is 28.9 Å². The Bertz CT molecular complexity index is 675. The van der Waals surface area contributed by atoms with Crippen molar-refractivity contribution in [2.24, 2.45) is 5.73 Å². The number of rotatable bonds is 7. The average Bonchev–Trinajstić information content (AvgIpc) is 2.51. The molecule has 4 heteroatoms. The van der Waals surface area contributed by atoms with Gasteiger partial charge in [0, 0.05) is 12.8 Å². The third-order valence-corrected chi connectivity index (χ3v) is 3.72. The van der Waals surface area contributed by atoms with Crippen LogP contribution >= 0.6 is 0 Å². The monoisotopic (exact) mass is 311 g/mol. The molecule has 0 fully saturated rings. The number of carbonyl (C=O) groups excluding carboxylic acids is 1. The predicted molar refractivity (Wildman–Crippen MR) is 89.4 cm³/mol. The Kier molecular flexibility index (Phi) is 5.66. The minimum absolute atomic E-state index is 0.156. The first-order valence-corrected chi connectivity index (χ1v) is 7.57. The van der Waals surface area contributed by atoms with Crippen LogP contribution in [0.2, 0.25) is 0 Å². The Morgan fingerprint density at radius 1 is 0.913 bits per heavy atom. The van der Waals surface area contributed by atoms with E-state index >= 15 is 0 Å². The molecule has 0 aliphatic rings. The number of aryl methyl sites for hydroxylation is 1. The smallest absolute Gasteiger partial charge is 0.320 e. The molecule has 0 bridgehead atoms. The molecule has 0 aliphatic carbocycles. The van der Waals surface area contributed by atoms with Crippen molar-refractivity contribution in [1.82, 2.24) is 0 Å². The van der Waals surface area contributed by atoms with Gasteiger partial charge in [-0.25, -0.2) is 0 Å². The molecule has 0 saturated heterocycles. The Hall–Kier alpha value is -2.46. The maximum absolute atomic E-state index is 12.1. The molecule has 3 N–H and O–H groups in total. The van der Waals surface area contributed by atoms with Crippen LogP contribution in [0.15, 0.2) is 48.5 Å². The zero-order chi connectivity index (χ0) is 16.8. The molecule has 0 radical (unpaired) electrons. The van der Waals surface area contributed by atoms with Gasteiger partial charge in [0.2, 0.25) is 0 Å². The first-order valence-electron chi connectivity index (χ1n) is 7.57. The molecular formula is C19H21NO3. The van der Waals surface area contributed by atoms with E-state index in [0.717, 1.165) is 16.7 Å². The lowest BCUT2D eigenvalue weighted by Crippen LogP contribution is -2.32. The second-order valence-electron chi connectivity index (χ2n) is 5.84. The van der Waals surface area contributed by atoms with Gasteiger partial charge in [-0.1, -0.05) is 54.1 Å². The molecule has 0 saturated carbocycles. The van der Waals surface area contributed by atoms with Crippen molar-refractivity contribution in [1.29, 1.82) is 0 Å². The Balaban J connectivity index is 1.91. The molecule has 4 nitrogen and oxygen atoms in total. The maximum Gasteiger partial charge on any atom is 0.320 e. The summed E-state index contributed by atoms with van der Waals surface area (Å²) in [5, 5.41) is 8.80. The fraction of sp³-hybridized carbons (Fsp3) is 0.263. The number of carboxylic acids is 1. The predicted octanol–water partition coefficient (Wildman–Crippen LogP) is 2.30. The number of nitrogens with two attached hydrogens (primary N) is 1. The minimum Gasteiger partial charge on any atom is -0.480 e. The normalized spacial score (nSPS) is 11.9. The van der Waals surface area contributed by atoms with Crippen molar-refractivity contribution in [2.45, 2.75) is 32.2 Å². The highest BCUT2D eigenvalue weighted by Gasteiger charge is 2.12. The summed E-state index contributed by atoms with van der Waals surface area (Å²) in [5.74, 6) is -0.855. The van der Waals surface area contributed by atoms with Crippen molar-refractivity contribution in [3.63, 3.8) is 0 Å². The molecule has 120 valence electrons. The topological polar surface area (TPSA) is 80.4 Å². The van der Waals surface area contributed by atoms with Crippen LogP contribution in [0.25, 0.3) is 0 Å². The van der Waals surface area contributed by atoms with E-state index in [9.17, 15) is 9.59 Å². The fourth-order valence-corrected chi connectivity index (χ4v) is 2.36. The van der Waals surface area contributed by atoms with Gasteiger partial charge in [-0.05, 0) is 30.0 Å². The summed E-state index contributed by atoms with van der Waals surface area (Å²) in [6, 6.07) is 14.4. The number of ketones is 1. The first kappa shape index (κ1) is 16.9. The van der Waals surface area contributed by atoms with Gasteiger partial charge in [0.25, 0.3) is 0 Å². The highest BCUT2D eigenvalue weighted by atomic mass is 16.4. The number of hydrogen-bond acceptors (Lipinski definition) is 3. The Labute approximate surface area is 136 Å². The number of carboxylic acid groups (broad SMARTS) is 1. The molecule has 2 rings (SSSR count). The highest BCUT2D eigenvalue weighted by Crippen LogP contribution is 2.10. The van der Waals surface area contributed by atoms with E-state index in [4.69, 9.17) is 10.8 Å². The lowest BCUT2D eigenvalue weighted by Gasteiger charge is -2.07. The van der Waals surface area contributed by atoms with Crippen LogP contribution in [-0.4, -0.2) is 22.9 Å². The fourth-order valence-electron chi connectivity index (χ4n) is 2.36. The quantitative estimate of drug-likeness (QED) is 0.822. The number of benzene rings is 2. The van der Waals surface area contributed by atoms with Crippen molar-refractivity contribution in [3.8, 4) is 0 Å². The van der Waals surface area contributed by atoms with Crippen LogP contribution in [0.3, 0.4) is 0 Å². The molecule has 0 aliphatic heterocycles. The van der Waals surface area contributed by atoms with Gasteiger partial charge < -0.3 is 10.8 Å². The van der Waals surface area contributed by atoms with E-state index in [1.165, 1.54) is 5.56 Å². The number of carbonyl (C=O) groups is 2. The second kappa shape index (κ2) is 7.70. The number of Topliss-reactive ketones (excluding diaryl/α,β-unsaturated/α-hetero) is 1. The molecule has 23 heavy (non-hydrogen) atoms. The van der Waals surface area contributed by atoms with E-state index in [1.54, 1.807) is 0 Å². The van der Waals surface area contributed by atoms with Gasteiger partial charge in [-0.2, -0.15) is 0 Å². The van der Waals surface area contributed by atoms with E-state index in [-0.39, 0.29) is 12.2 Å². The molecular weight excluding hydrogens is 290 g/mol. The molecule has 0 unspecified atom stereocenters.